The molecular formula is C10H21NO4. The molecule has 0 saturated heterocycles. The zero-order valence-corrected chi connectivity index (χ0v) is 9.49. The minimum Gasteiger partial charge on any atom is -0.480 e. The molecule has 15 heavy (non-hydrogen) atoms. The van der Waals surface area contributed by atoms with Crippen molar-refractivity contribution in [2.45, 2.75) is 25.8 Å². The number of ether oxygens (including phenoxy) is 2. The van der Waals surface area contributed by atoms with E-state index in [4.69, 9.17) is 14.6 Å². The van der Waals surface area contributed by atoms with Crippen molar-refractivity contribution in [2.24, 2.45) is 0 Å². The Bertz CT molecular complexity index is 164. The molecule has 0 aliphatic heterocycles. The van der Waals surface area contributed by atoms with Gasteiger partial charge >= 0.3 is 5.97 Å². The Morgan fingerprint density at radius 3 is 2.67 bits per heavy atom. The molecule has 0 aliphatic carbocycles. The third kappa shape index (κ3) is 8.35. The maximum absolute atomic E-state index is 10.7. The first kappa shape index (κ1) is 14.3. The van der Waals surface area contributed by atoms with Crippen LogP contribution in [0, 0.1) is 0 Å². The summed E-state index contributed by atoms with van der Waals surface area (Å²) in [4.78, 5) is 10.7. The number of rotatable bonds is 10. The maximum Gasteiger partial charge on any atom is 0.320 e. The minimum atomic E-state index is -0.797. The van der Waals surface area contributed by atoms with E-state index in [1.54, 1.807) is 7.11 Å². The Kier molecular flexibility index (Phi) is 9.46. The van der Waals surface area contributed by atoms with Gasteiger partial charge in [-0.05, 0) is 6.42 Å². The van der Waals surface area contributed by atoms with E-state index >= 15 is 0 Å². The van der Waals surface area contributed by atoms with Gasteiger partial charge in [0.15, 0.2) is 0 Å². The van der Waals surface area contributed by atoms with Crippen molar-refractivity contribution in [3.05, 3.63) is 0 Å². The van der Waals surface area contributed by atoms with Crippen LogP contribution in [-0.2, 0) is 14.3 Å². The van der Waals surface area contributed by atoms with Crippen LogP contribution in [0.5, 0.6) is 0 Å². The monoisotopic (exact) mass is 219 g/mol. The molecule has 1 atom stereocenters. The lowest BCUT2D eigenvalue weighted by Crippen LogP contribution is -2.38. The average Bonchev–Trinajstić information content (AvgIpc) is 2.21. The largest absolute Gasteiger partial charge is 0.480 e. The van der Waals surface area contributed by atoms with E-state index in [0.717, 1.165) is 6.42 Å². The van der Waals surface area contributed by atoms with Crippen LogP contribution in [0.1, 0.15) is 19.8 Å². The summed E-state index contributed by atoms with van der Waals surface area (Å²) in [5.41, 5.74) is 0. The third-order valence-electron chi connectivity index (χ3n) is 1.94. The smallest absolute Gasteiger partial charge is 0.320 e. The van der Waals surface area contributed by atoms with Gasteiger partial charge in [-0.2, -0.15) is 0 Å². The second-order valence-corrected chi connectivity index (χ2v) is 3.24. The van der Waals surface area contributed by atoms with Gasteiger partial charge in [0.25, 0.3) is 0 Å². The Hall–Kier alpha value is -0.650. The standard InChI is InChI=1S/C10H21NO4/c1-3-4-9(10(12)13)11-5-6-15-8-7-14-2/h9,11H,3-8H2,1-2H3,(H,12,13). The molecule has 0 heterocycles. The summed E-state index contributed by atoms with van der Waals surface area (Å²) < 4.78 is 10.0. The van der Waals surface area contributed by atoms with Crippen LogP contribution < -0.4 is 5.32 Å². The summed E-state index contributed by atoms with van der Waals surface area (Å²) in [5, 5.41) is 11.8. The molecule has 2 N–H and O–H groups in total. The highest BCUT2D eigenvalue weighted by atomic mass is 16.5. The summed E-state index contributed by atoms with van der Waals surface area (Å²) in [5.74, 6) is -0.797. The summed E-state index contributed by atoms with van der Waals surface area (Å²) in [6.07, 6.45) is 1.50. The maximum atomic E-state index is 10.7. The summed E-state index contributed by atoms with van der Waals surface area (Å²) >= 11 is 0. The minimum absolute atomic E-state index is 0.457. The van der Waals surface area contributed by atoms with Crippen molar-refractivity contribution in [1.29, 1.82) is 0 Å². The van der Waals surface area contributed by atoms with Gasteiger partial charge < -0.3 is 19.9 Å². The predicted molar refractivity (Wildman–Crippen MR) is 57.0 cm³/mol. The topological polar surface area (TPSA) is 67.8 Å². The van der Waals surface area contributed by atoms with Crippen LogP contribution in [0.4, 0.5) is 0 Å². The molecule has 90 valence electrons. The SMILES string of the molecule is CCCC(NCCOCCOC)C(=O)O. The molecule has 0 rings (SSSR count). The Balaban J connectivity index is 3.41. The van der Waals surface area contributed by atoms with Gasteiger partial charge in [-0.1, -0.05) is 13.3 Å². The number of nitrogens with one attached hydrogen (secondary N) is 1. The molecule has 0 saturated carbocycles. The Morgan fingerprint density at radius 1 is 1.40 bits per heavy atom. The quantitative estimate of drug-likeness (QED) is 0.523. The molecule has 0 radical (unpaired) electrons. The number of carbonyl (C=O) groups is 1. The molecular weight excluding hydrogens is 198 g/mol. The normalized spacial score (nSPS) is 12.7. The number of methoxy groups -OCH3 is 1. The van der Waals surface area contributed by atoms with Crippen LogP contribution in [-0.4, -0.2) is 50.6 Å². The van der Waals surface area contributed by atoms with Gasteiger partial charge in [0.05, 0.1) is 19.8 Å². The number of carboxylic acids is 1. The third-order valence-corrected chi connectivity index (χ3v) is 1.94. The highest BCUT2D eigenvalue weighted by Crippen LogP contribution is 1.95. The van der Waals surface area contributed by atoms with Crippen LogP contribution >= 0.6 is 0 Å². The molecule has 5 nitrogen and oxygen atoms in total. The van der Waals surface area contributed by atoms with Crippen molar-refractivity contribution in [1.82, 2.24) is 5.32 Å². The number of aliphatic carboxylic acids is 1. The van der Waals surface area contributed by atoms with Crippen LogP contribution in [0.3, 0.4) is 0 Å². The van der Waals surface area contributed by atoms with Gasteiger partial charge in [0, 0.05) is 13.7 Å². The molecule has 5 heteroatoms. The molecule has 0 aromatic rings. The fourth-order valence-corrected chi connectivity index (χ4v) is 1.15. The second-order valence-electron chi connectivity index (χ2n) is 3.24. The lowest BCUT2D eigenvalue weighted by atomic mass is 10.2. The summed E-state index contributed by atoms with van der Waals surface area (Å²) in [6, 6.07) is -0.457. The van der Waals surface area contributed by atoms with Crippen molar-refractivity contribution in [3.63, 3.8) is 0 Å². The van der Waals surface area contributed by atoms with Crippen LogP contribution in [0.15, 0.2) is 0 Å². The van der Waals surface area contributed by atoms with E-state index < -0.39 is 12.0 Å². The van der Waals surface area contributed by atoms with Gasteiger partial charge in [-0.15, -0.1) is 0 Å². The van der Waals surface area contributed by atoms with Gasteiger partial charge in [-0.3, -0.25) is 4.79 Å². The zero-order valence-electron chi connectivity index (χ0n) is 9.49. The van der Waals surface area contributed by atoms with E-state index in [-0.39, 0.29) is 0 Å². The highest BCUT2D eigenvalue weighted by molar-refractivity contribution is 5.73. The molecule has 0 bridgehead atoms. The summed E-state index contributed by atoms with van der Waals surface area (Å²) in [7, 11) is 1.61. The molecule has 0 aromatic carbocycles. The lowest BCUT2D eigenvalue weighted by Gasteiger charge is -2.13. The first-order chi connectivity index (χ1) is 7.22. The number of carboxylic acid groups (broad SMARTS) is 1. The Morgan fingerprint density at radius 2 is 2.13 bits per heavy atom. The highest BCUT2D eigenvalue weighted by Gasteiger charge is 2.14. The van der Waals surface area contributed by atoms with Crippen molar-refractivity contribution in [3.8, 4) is 0 Å². The fraction of sp³-hybridized carbons (Fsp3) is 0.900. The molecule has 0 amide bonds. The van der Waals surface area contributed by atoms with E-state index in [1.807, 2.05) is 6.92 Å². The number of hydrogen-bond acceptors (Lipinski definition) is 4. The van der Waals surface area contributed by atoms with E-state index in [1.165, 1.54) is 0 Å². The first-order valence-corrected chi connectivity index (χ1v) is 5.25. The molecule has 0 aliphatic rings. The van der Waals surface area contributed by atoms with Crippen LogP contribution in [0.2, 0.25) is 0 Å². The number of hydrogen-bond donors (Lipinski definition) is 2. The van der Waals surface area contributed by atoms with E-state index in [2.05, 4.69) is 5.32 Å². The second kappa shape index (κ2) is 9.89. The summed E-state index contributed by atoms with van der Waals surface area (Å²) in [6.45, 7) is 4.14. The van der Waals surface area contributed by atoms with E-state index in [9.17, 15) is 4.79 Å². The van der Waals surface area contributed by atoms with Gasteiger partial charge in [0.1, 0.15) is 6.04 Å². The van der Waals surface area contributed by atoms with Crippen LogP contribution in [0.25, 0.3) is 0 Å². The van der Waals surface area contributed by atoms with E-state index in [0.29, 0.717) is 32.8 Å². The molecule has 1 unspecified atom stereocenters. The fourth-order valence-electron chi connectivity index (χ4n) is 1.15. The lowest BCUT2D eigenvalue weighted by molar-refractivity contribution is -0.139. The zero-order chi connectivity index (χ0) is 11.5. The average molecular weight is 219 g/mol. The van der Waals surface area contributed by atoms with Gasteiger partial charge in [0.2, 0.25) is 0 Å². The van der Waals surface area contributed by atoms with Crippen molar-refractivity contribution in [2.75, 3.05) is 33.5 Å². The Labute approximate surface area is 90.8 Å². The first-order valence-electron chi connectivity index (χ1n) is 5.25. The molecule has 0 fully saturated rings. The molecule has 0 aromatic heterocycles. The predicted octanol–water partition coefficient (Wildman–Crippen LogP) is 0.492. The molecule has 0 spiro atoms. The van der Waals surface area contributed by atoms with Gasteiger partial charge in [-0.25, -0.2) is 0 Å². The van der Waals surface area contributed by atoms with Crippen molar-refractivity contribution >= 4 is 5.97 Å². The van der Waals surface area contributed by atoms with Crippen molar-refractivity contribution < 1.29 is 19.4 Å².